The summed E-state index contributed by atoms with van der Waals surface area (Å²) in [6.07, 6.45) is 8.01. The molecular formula is C13H17NO2. The van der Waals surface area contributed by atoms with E-state index in [1.165, 1.54) is 0 Å². The second kappa shape index (κ2) is 4.40. The van der Waals surface area contributed by atoms with Gasteiger partial charge in [0.15, 0.2) is 5.79 Å². The molecule has 0 aromatic rings. The van der Waals surface area contributed by atoms with Crippen molar-refractivity contribution in [2.24, 2.45) is 5.92 Å². The van der Waals surface area contributed by atoms with Gasteiger partial charge in [0.2, 0.25) is 0 Å². The highest BCUT2D eigenvalue weighted by Crippen LogP contribution is 2.32. The largest absolute Gasteiger partial charge is 0.348 e. The Kier molecular flexibility index (Phi) is 3.13. The molecule has 2 rings (SSSR count). The molecule has 3 heteroatoms. The Bertz CT molecular complexity index is 363. The molecule has 2 atom stereocenters. The van der Waals surface area contributed by atoms with Crippen LogP contribution in [-0.4, -0.2) is 18.5 Å². The van der Waals surface area contributed by atoms with Gasteiger partial charge < -0.3 is 9.47 Å². The first-order chi connectivity index (χ1) is 7.62. The number of rotatable bonds is 2. The van der Waals surface area contributed by atoms with Crippen LogP contribution in [0.4, 0.5) is 0 Å². The summed E-state index contributed by atoms with van der Waals surface area (Å²) in [4.78, 5) is 0. The fourth-order valence-corrected chi connectivity index (χ4v) is 2.16. The number of hydrogen-bond donors (Lipinski definition) is 0. The zero-order valence-corrected chi connectivity index (χ0v) is 9.77. The molecule has 86 valence electrons. The van der Waals surface area contributed by atoms with E-state index in [4.69, 9.17) is 9.47 Å². The minimum absolute atomic E-state index is 0.127. The molecule has 3 nitrogen and oxygen atoms in total. The van der Waals surface area contributed by atoms with E-state index in [1.54, 1.807) is 0 Å². The molecule has 1 aliphatic heterocycles. The van der Waals surface area contributed by atoms with E-state index in [0.717, 1.165) is 18.4 Å². The molecule has 16 heavy (non-hydrogen) atoms. The molecule has 0 radical (unpaired) electrons. The second-order valence-electron chi connectivity index (χ2n) is 4.68. The molecule has 2 aliphatic rings. The average Bonchev–Trinajstić information content (AvgIpc) is 2.62. The summed E-state index contributed by atoms with van der Waals surface area (Å²) in [5.41, 5.74) is 1.16. The van der Waals surface area contributed by atoms with Crippen molar-refractivity contribution in [3.63, 3.8) is 0 Å². The van der Waals surface area contributed by atoms with Gasteiger partial charge in [-0.05, 0) is 26.7 Å². The Morgan fingerprint density at radius 2 is 2.38 bits per heavy atom. The Hall–Kier alpha value is -1.11. The van der Waals surface area contributed by atoms with Gasteiger partial charge in [0.1, 0.15) is 6.10 Å². The van der Waals surface area contributed by atoms with Crippen molar-refractivity contribution in [2.75, 3.05) is 6.61 Å². The molecule has 1 heterocycles. The third kappa shape index (κ3) is 2.34. The molecule has 0 N–H and O–H groups in total. The van der Waals surface area contributed by atoms with Gasteiger partial charge >= 0.3 is 0 Å². The zero-order chi connectivity index (χ0) is 11.6. The Labute approximate surface area is 96.3 Å². The number of allylic oxidation sites excluding steroid dienone is 3. The SMILES string of the molecule is CC1(C)OC[C@@H](C(C#N)C2=CC=CCC2)O1. The molecule has 1 saturated heterocycles. The number of ether oxygens (including phenoxy) is 2. The van der Waals surface area contributed by atoms with E-state index in [9.17, 15) is 5.26 Å². The molecule has 0 bridgehead atoms. The highest BCUT2D eigenvalue weighted by molar-refractivity contribution is 5.25. The molecular weight excluding hydrogens is 202 g/mol. The van der Waals surface area contributed by atoms with Crippen molar-refractivity contribution in [3.8, 4) is 6.07 Å². The van der Waals surface area contributed by atoms with Gasteiger partial charge in [-0.2, -0.15) is 5.26 Å². The highest BCUT2D eigenvalue weighted by atomic mass is 16.7. The van der Waals surface area contributed by atoms with Gasteiger partial charge in [0.05, 0.1) is 18.6 Å². The van der Waals surface area contributed by atoms with Crippen LogP contribution in [-0.2, 0) is 9.47 Å². The van der Waals surface area contributed by atoms with Gasteiger partial charge in [-0.15, -0.1) is 0 Å². The van der Waals surface area contributed by atoms with E-state index in [1.807, 2.05) is 26.0 Å². The topological polar surface area (TPSA) is 42.2 Å². The molecule has 0 saturated carbocycles. The summed E-state index contributed by atoms with van der Waals surface area (Å²) >= 11 is 0. The van der Waals surface area contributed by atoms with Crippen molar-refractivity contribution in [1.82, 2.24) is 0 Å². The summed E-state index contributed by atoms with van der Waals surface area (Å²) in [7, 11) is 0. The van der Waals surface area contributed by atoms with Crippen LogP contribution in [0.3, 0.4) is 0 Å². The van der Waals surface area contributed by atoms with Crippen LogP contribution in [0.15, 0.2) is 23.8 Å². The number of nitrogens with zero attached hydrogens (tertiary/aromatic N) is 1. The zero-order valence-electron chi connectivity index (χ0n) is 9.77. The Balaban J connectivity index is 2.09. The number of nitriles is 1. The van der Waals surface area contributed by atoms with Gasteiger partial charge in [0, 0.05) is 0 Å². The first-order valence-corrected chi connectivity index (χ1v) is 5.69. The maximum atomic E-state index is 9.26. The smallest absolute Gasteiger partial charge is 0.163 e. The predicted molar refractivity (Wildman–Crippen MR) is 60.5 cm³/mol. The molecule has 0 spiro atoms. The highest BCUT2D eigenvalue weighted by Gasteiger charge is 2.38. The van der Waals surface area contributed by atoms with Crippen molar-refractivity contribution in [2.45, 2.75) is 38.6 Å². The lowest BCUT2D eigenvalue weighted by Gasteiger charge is -2.22. The molecule has 0 amide bonds. The summed E-state index contributed by atoms with van der Waals surface area (Å²) in [5.74, 6) is -0.725. The van der Waals surface area contributed by atoms with E-state index in [0.29, 0.717) is 6.61 Å². The van der Waals surface area contributed by atoms with Crippen LogP contribution in [0.2, 0.25) is 0 Å². The summed E-state index contributed by atoms with van der Waals surface area (Å²) in [6, 6.07) is 2.34. The molecule has 0 aromatic heterocycles. The lowest BCUT2D eigenvalue weighted by atomic mass is 9.89. The van der Waals surface area contributed by atoms with Gasteiger partial charge in [-0.3, -0.25) is 0 Å². The first kappa shape index (κ1) is 11.4. The summed E-state index contributed by atoms with van der Waals surface area (Å²) < 4.78 is 11.3. The minimum Gasteiger partial charge on any atom is -0.348 e. The fraction of sp³-hybridized carbons (Fsp3) is 0.615. The lowest BCUT2D eigenvalue weighted by molar-refractivity contribution is -0.140. The fourth-order valence-electron chi connectivity index (χ4n) is 2.16. The van der Waals surface area contributed by atoms with Gasteiger partial charge in [-0.25, -0.2) is 0 Å². The standard InChI is InChI=1S/C13H17NO2/c1-13(2)15-9-12(16-13)11(8-14)10-6-4-3-5-7-10/h3-4,6,11-12H,5,7,9H2,1-2H3/t11?,12-/m0/s1. The normalized spacial score (nSPS) is 29.6. The monoisotopic (exact) mass is 219 g/mol. The van der Waals surface area contributed by atoms with E-state index < -0.39 is 5.79 Å². The van der Waals surface area contributed by atoms with Crippen molar-refractivity contribution >= 4 is 0 Å². The van der Waals surface area contributed by atoms with Crippen LogP contribution in [0.1, 0.15) is 26.7 Å². The first-order valence-electron chi connectivity index (χ1n) is 5.69. The van der Waals surface area contributed by atoms with Gasteiger partial charge in [-0.1, -0.05) is 23.8 Å². The average molecular weight is 219 g/mol. The van der Waals surface area contributed by atoms with E-state index in [2.05, 4.69) is 12.1 Å². The minimum atomic E-state index is -0.551. The maximum absolute atomic E-state index is 9.26. The third-order valence-electron chi connectivity index (χ3n) is 2.99. The molecule has 1 aliphatic carbocycles. The van der Waals surface area contributed by atoms with Crippen LogP contribution in [0.5, 0.6) is 0 Å². The van der Waals surface area contributed by atoms with Crippen LogP contribution in [0, 0.1) is 17.2 Å². The Morgan fingerprint density at radius 3 is 2.88 bits per heavy atom. The third-order valence-corrected chi connectivity index (χ3v) is 2.99. The second-order valence-corrected chi connectivity index (χ2v) is 4.68. The van der Waals surface area contributed by atoms with Crippen LogP contribution in [0.25, 0.3) is 0 Å². The van der Waals surface area contributed by atoms with Crippen molar-refractivity contribution in [1.29, 1.82) is 5.26 Å². The van der Waals surface area contributed by atoms with E-state index >= 15 is 0 Å². The lowest BCUT2D eigenvalue weighted by Crippen LogP contribution is -2.27. The molecule has 0 aromatic carbocycles. The van der Waals surface area contributed by atoms with Crippen molar-refractivity contribution < 1.29 is 9.47 Å². The maximum Gasteiger partial charge on any atom is 0.163 e. The van der Waals surface area contributed by atoms with Crippen LogP contribution < -0.4 is 0 Å². The van der Waals surface area contributed by atoms with Crippen LogP contribution >= 0.6 is 0 Å². The summed E-state index contributed by atoms with van der Waals surface area (Å²) in [6.45, 7) is 4.28. The summed E-state index contributed by atoms with van der Waals surface area (Å²) in [5, 5.41) is 9.26. The Morgan fingerprint density at radius 1 is 1.56 bits per heavy atom. The molecule has 1 fully saturated rings. The predicted octanol–water partition coefficient (Wildman–Crippen LogP) is 2.55. The van der Waals surface area contributed by atoms with Gasteiger partial charge in [0.25, 0.3) is 0 Å². The molecule has 1 unspecified atom stereocenters. The van der Waals surface area contributed by atoms with Crippen molar-refractivity contribution in [3.05, 3.63) is 23.8 Å². The van der Waals surface area contributed by atoms with E-state index in [-0.39, 0.29) is 12.0 Å². The number of hydrogen-bond acceptors (Lipinski definition) is 3. The quantitative estimate of drug-likeness (QED) is 0.716.